The van der Waals surface area contributed by atoms with Gasteiger partial charge in [0.1, 0.15) is 6.23 Å². The van der Waals surface area contributed by atoms with Gasteiger partial charge in [-0.3, -0.25) is 4.90 Å². The molecule has 176 valence electrons. The first-order valence-corrected chi connectivity index (χ1v) is 12.2. The van der Waals surface area contributed by atoms with E-state index < -0.39 is 11.2 Å². The van der Waals surface area contributed by atoms with Crippen molar-refractivity contribution in [1.29, 1.82) is 0 Å². The molecule has 2 fully saturated rings. The topological polar surface area (TPSA) is 38.8 Å². The highest BCUT2D eigenvalue weighted by Gasteiger charge is 2.61. The first-order chi connectivity index (χ1) is 16.3. The van der Waals surface area contributed by atoms with E-state index in [0.717, 1.165) is 17.5 Å². The van der Waals surface area contributed by atoms with E-state index in [2.05, 4.69) is 76.2 Å². The van der Waals surface area contributed by atoms with Crippen LogP contribution in [0.4, 0.5) is 4.79 Å². The van der Waals surface area contributed by atoms with E-state index in [1.807, 2.05) is 47.4 Å². The second-order valence-corrected chi connectivity index (χ2v) is 10.3. The van der Waals surface area contributed by atoms with Crippen LogP contribution in [0.1, 0.15) is 56.7 Å². The fourth-order valence-electron chi connectivity index (χ4n) is 6.00. The molecule has 0 bridgehead atoms. The molecule has 0 spiro atoms. The van der Waals surface area contributed by atoms with Crippen molar-refractivity contribution in [3.05, 3.63) is 108 Å². The molecule has 3 aromatic carbocycles. The quantitative estimate of drug-likeness (QED) is 0.429. The van der Waals surface area contributed by atoms with E-state index in [1.54, 1.807) is 0 Å². The van der Waals surface area contributed by atoms with Gasteiger partial charge in [0.05, 0.1) is 11.6 Å². The predicted molar refractivity (Wildman–Crippen MR) is 133 cm³/mol. The second kappa shape index (κ2) is 8.59. The summed E-state index contributed by atoms with van der Waals surface area (Å²) in [6, 6.07) is 30.5. The normalized spacial score (nSPS) is 25.5. The molecule has 0 radical (unpaired) electrons. The van der Waals surface area contributed by atoms with Crippen molar-refractivity contribution < 1.29 is 14.3 Å². The molecule has 0 aromatic heterocycles. The van der Waals surface area contributed by atoms with E-state index in [9.17, 15) is 4.79 Å². The van der Waals surface area contributed by atoms with Gasteiger partial charge in [0.25, 0.3) is 0 Å². The molecule has 4 heteroatoms. The van der Waals surface area contributed by atoms with Gasteiger partial charge >= 0.3 is 6.09 Å². The van der Waals surface area contributed by atoms with Gasteiger partial charge < -0.3 is 9.47 Å². The lowest BCUT2D eigenvalue weighted by Crippen LogP contribution is -2.51. The molecule has 1 amide bonds. The Morgan fingerprint density at radius 2 is 1.32 bits per heavy atom. The fraction of sp³-hybridized carbons (Fsp3) is 0.367. The summed E-state index contributed by atoms with van der Waals surface area (Å²) in [6.45, 7) is 8.57. The zero-order chi connectivity index (χ0) is 23.9. The highest BCUT2D eigenvalue weighted by molar-refractivity contribution is 5.74. The molecular weight excluding hydrogens is 422 g/mol. The Morgan fingerprint density at radius 1 is 0.824 bits per heavy atom. The number of ether oxygens (including phenoxy) is 2. The van der Waals surface area contributed by atoms with Gasteiger partial charge in [0.2, 0.25) is 0 Å². The Morgan fingerprint density at radius 3 is 1.82 bits per heavy atom. The van der Waals surface area contributed by atoms with E-state index in [-0.39, 0.29) is 30.2 Å². The lowest BCUT2D eigenvalue weighted by Gasteiger charge is -2.39. The molecule has 2 saturated heterocycles. The van der Waals surface area contributed by atoms with Crippen LogP contribution in [0.5, 0.6) is 0 Å². The Hall–Kier alpha value is -3.11. The summed E-state index contributed by atoms with van der Waals surface area (Å²) >= 11 is 0. The molecule has 5 rings (SSSR count). The summed E-state index contributed by atoms with van der Waals surface area (Å²) in [4.78, 5) is 15.6. The smallest absolute Gasteiger partial charge is 0.413 e. The molecule has 1 unspecified atom stereocenters. The standard InChI is InChI=1S/C30H33NO3/c1-21(2)27-30(23-16-10-6-11-17-23,24-18-12-7-13-19-24)34-28(32)31(27)26-20-25(29(3,4)33-26)22-14-8-5-9-15-22/h5-19,21,25-27H,20H2,1-4H3/t25-,26?,27+/m1/s1. The van der Waals surface area contributed by atoms with Crippen LogP contribution >= 0.6 is 0 Å². The summed E-state index contributed by atoms with van der Waals surface area (Å²) in [5.41, 5.74) is 1.88. The molecular formula is C30H33NO3. The maximum atomic E-state index is 13.7. The lowest BCUT2D eigenvalue weighted by atomic mass is 9.75. The number of amides is 1. The van der Waals surface area contributed by atoms with Gasteiger partial charge in [0.15, 0.2) is 5.60 Å². The average molecular weight is 456 g/mol. The van der Waals surface area contributed by atoms with Crippen molar-refractivity contribution in [3.8, 4) is 0 Å². The predicted octanol–water partition coefficient (Wildman–Crippen LogP) is 6.72. The lowest BCUT2D eigenvalue weighted by molar-refractivity contribution is -0.0906. The number of hydrogen-bond donors (Lipinski definition) is 0. The van der Waals surface area contributed by atoms with Crippen molar-refractivity contribution >= 4 is 6.09 Å². The van der Waals surface area contributed by atoms with Crippen molar-refractivity contribution in [1.82, 2.24) is 4.90 Å². The number of hydrogen-bond acceptors (Lipinski definition) is 3. The minimum absolute atomic E-state index is 0.134. The van der Waals surface area contributed by atoms with E-state index in [4.69, 9.17) is 9.47 Å². The first-order valence-electron chi connectivity index (χ1n) is 12.2. The van der Waals surface area contributed by atoms with Gasteiger partial charge in [-0.05, 0) is 25.3 Å². The largest absolute Gasteiger partial charge is 0.431 e. The number of cyclic esters (lactones) is 1. The second-order valence-electron chi connectivity index (χ2n) is 10.3. The summed E-state index contributed by atoms with van der Waals surface area (Å²) in [5.74, 6) is 0.317. The van der Waals surface area contributed by atoms with Crippen LogP contribution in [-0.4, -0.2) is 28.9 Å². The van der Waals surface area contributed by atoms with Crippen molar-refractivity contribution in [2.45, 2.75) is 63.5 Å². The van der Waals surface area contributed by atoms with E-state index >= 15 is 0 Å². The molecule has 2 aliphatic heterocycles. The van der Waals surface area contributed by atoms with Crippen LogP contribution in [0.15, 0.2) is 91.0 Å². The summed E-state index contributed by atoms with van der Waals surface area (Å²) in [7, 11) is 0. The molecule has 2 heterocycles. The third kappa shape index (κ3) is 3.61. The third-order valence-corrected chi connectivity index (χ3v) is 7.44. The molecule has 0 N–H and O–H groups in total. The molecule has 3 aromatic rings. The van der Waals surface area contributed by atoms with Crippen molar-refractivity contribution in [2.75, 3.05) is 0 Å². The minimum atomic E-state index is -0.911. The van der Waals surface area contributed by atoms with Crippen LogP contribution in [-0.2, 0) is 15.1 Å². The molecule has 4 nitrogen and oxygen atoms in total. The van der Waals surface area contributed by atoms with E-state index in [1.165, 1.54) is 5.56 Å². The third-order valence-electron chi connectivity index (χ3n) is 7.44. The van der Waals surface area contributed by atoms with E-state index in [0.29, 0.717) is 0 Å². The van der Waals surface area contributed by atoms with Crippen molar-refractivity contribution in [2.24, 2.45) is 5.92 Å². The monoisotopic (exact) mass is 455 g/mol. The number of rotatable bonds is 5. The number of carbonyl (C=O) groups is 1. The van der Waals surface area contributed by atoms with Gasteiger partial charge in [-0.25, -0.2) is 4.79 Å². The van der Waals surface area contributed by atoms with Crippen LogP contribution in [0, 0.1) is 5.92 Å². The molecule has 2 aliphatic rings. The molecule has 0 aliphatic carbocycles. The number of nitrogens with zero attached hydrogens (tertiary/aromatic N) is 1. The van der Waals surface area contributed by atoms with Crippen LogP contribution in [0.3, 0.4) is 0 Å². The fourth-order valence-corrected chi connectivity index (χ4v) is 6.00. The van der Waals surface area contributed by atoms with Crippen molar-refractivity contribution in [3.63, 3.8) is 0 Å². The Bertz CT molecular complexity index is 1090. The highest BCUT2D eigenvalue weighted by Crippen LogP contribution is 2.52. The number of benzene rings is 3. The Balaban J connectivity index is 1.60. The van der Waals surface area contributed by atoms with Gasteiger partial charge in [0, 0.05) is 23.5 Å². The number of carbonyl (C=O) groups excluding carboxylic acids is 1. The zero-order valence-corrected chi connectivity index (χ0v) is 20.3. The summed E-state index contributed by atoms with van der Waals surface area (Å²) in [6.07, 6.45) is 0.0463. The summed E-state index contributed by atoms with van der Waals surface area (Å²) < 4.78 is 13.1. The van der Waals surface area contributed by atoms with Gasteiger partial charge in [-0.15, -0.1) is 0 Å². The molecule has 0 saturated carbocycles. The zero-order valence-electron chi connectivity index (χ0n) is 20.3. The van der Waals surface area contributed by atoms with Gasteiger partial charge in [-0.1, -0.05) is 105 Å². The van der Waals surface area contributed by atoms with Gasteiger partial charge in [-0.2, -0.15) is 0 Å². The Labute approximate surface area is 202 Å². The van der Waals surface area contributed by atoms with Crippen LogP contribution in [0.25, 0.3) is 0 Å². The maximum absolute atomic E-state index is 13.7. The average Bonchev–Trinajstić information content (AvgIpc) is 3.34. The summed E-state index contributed by atoms with van der Waals surface area (Å²) in [5, 5.41) is 0. The van der Waals surface area contributed by atoms with Crippen LogP contribution in [0.2, 0.25) is 0 Å². The molecule has 34 heavy (non-hydrogen) atoms. The SMILES string of the molecule is CC(C)[C@@H]1N(C2C[C@H](c3ccccc3)C(C)(C)O2)C(=O)OC1(c1ccccc1)c1ccccc1. The highest BCUT2D eigenvalue weighted by atomic mass is 16.6. The molecule has 3 atom stereocenters. The first kappa shape index (κ1) is 22.7. The maximum Gasteiger partial charge on any atom is 0.413 e. The Kier molecular flexibility index (Phi) is 5.73. The minimum Gasteiger partial charge on any atom is -0.431 e. The van der Waals surface area contributed by atoms with Crippen LogP contribution < -0.4 is 0 Å².